The van der Waals surface area contributed by atoms with Crippen LogP contribution < -0.4 is 4.90 Å². The van der Waals surface area contributed by atoms with Crippen molar-refractivity contribution < 1.29 is 14.3 Å². The van der Waals surface area contributed by atoms with Crippen LogP contribution in [0.5, 0.6) is 0 Å². The minimum absolute atomic E-state index is 0.110. The van der Waals surface area contributed by atoms with Crippen molar-refractivity contribution in [1.82, 2.24) is 4.57 Å². The van der Waals surface area contributed by atoms with Gasteiger partial charge in [-0.2, -0.15) is 5.26 Å². The predicted octanol–water partition coefficient (Wildman–Crippen LogP) is 5.09. The van der Waals surface area contributed by atoms with Gasteiger partial charge in [-0.25, -0.2) is 0 Å². The number of benzene rings is 2. The molecule has 180 valence electrons. The minimum Gasteiger partial charge on any atom is -0.381 e. The molecule has 3 aromatic rings. The van der Waals surface area contributed by atoms with Gasteiger partial charge in [0.05, 0.1) is 30.4 Å². The first-order chi connectivity index (χ1) is 16.9. The molecule has 2 aliphatic heterocycles. The Morgan fingerprint density at radius 2 is 1.86 bits per heavy atom. The summed E-state index contributed by atoms with van der Waals surface area (Å²) in [6.07, 6.45) is 1.95. The number of carbonyl (C=O) groups is 1. The molecule has 6 rings (SSSR count). The van der Waals surface area contributed by atoms with Crippen molar-refractivity contribution in [3.8, 4) is 6.07 Å². The lowest BCUT2D eigenvalue weighted by Gasteiger charge is -2.35. The number of aromatic nitrogens is 1. The summed E-state index contributed by atoms with van der Waals surface area (Å²) in [5, 5.41) is 11.4. The van der Waals surface area contributed by atoms with E-state index in [2.05, 4.69) is 38.1 Å². The first-order valence-electron chi connectivity index (χ1n) is 12.5. The average molecular weight is 470 g/mol. The van der Waals surface area contributed by atoms with Gasteiger partial charge in [-0.1, -0.05) is 24.3 Å². The van der Waals surface area contributed by atoms with Crippen molar-refractivity contribution >= 4 is 22.5 Å². The average Bonchev–Trinajstić information content (AvgIpc) is 3.20. The minimum atomic E-state index is -0.731. The van der Waals surface area contributed by atoms with E-state index in [1.165, 1.54) is 5.56 Å². The van der Waals surface area contributed by atoms with Crippen molar-refractivity contribution in [3.05, 3.63) is 65.9 Å². The zero-order valence-electron chi connectivity index (χ0n) is 20.5. The highest BCUT2D eigenvalue weighted by Gasteiger charge is 2.70. The normalized spacial score (nSPS) is 28.9. The number of nitrogens with zero attached hydrogens (tertiary/aromatic N) is 3. The van der Waals surface area contributed by atoms with Crippen molar-refractivity contribution in [1.29, 1.82) is 5.26 Å². The molecule has 6 nitrogen and oxygen atoms in total. The molecule has 35 heavy (non-hydrogen) atoms. The van der Waals surface area contributed by atoms with Gasteiger partial charge in [0.2, 0.25) is 0 Å². The van der Waals surface area contributed by atoms with Crippen LogP contribution in [0.2, 0.25) is 0 Å². The van der Waals surface area contributed by atoms with Crippen molar-refractivity contribution in [2.24, 2.45) is 11.8 Å². The number of rotatable bonds is 4. The Kier molecular flexibility index (Phi) is 5.07. The van der Waals surface area contributed by atoms with Gasteiger partial charge in [-0.3, -0.25) is 4.79 Å². The zero-order valence-corrected chi connectivity index (χ0v) is 20.5. The number of fused-ring (bicyclic) bond motifs is 2. The Bertz CT molecular complexity index is 1330. The monoisotopic (exact) mass is 469 g/mol. The third-order valence-corrected chi connectivity index (χ3v) is 8.31. The van der Waals surface area contributed by atoms with Crippen LogP contribution in [0, 0.1) is 23.2 Å². The smallest absolute Gasteiger partial charge is 0.274 e. The lowest BCUT2D eigenvalue weighted by Crippen LogP contribution is -2.33. The fourth-order valence-corrected chi connectivity index (χ4v) is 6.38. The molecule has 0 N–H and O–H groups in total. The van der Waals surface area contributed by atoms with E-state index >= 15 is 0 Å². The molecule has 1 aromatic heterocycles. The van der Waals surface area contributed by atoms with Crippen LogP contribution in [0.25, 0.3) is 10.9 Å². The maximum Gasteiger partial charge on any atom is 0.274 e. The molecule has 0 radical (unpaired) electrons. The molecule has 1 amide bonds. The van der Waals surface area contributed by atoms with E-state index in [9.17, 15) is 10.1 Å². The summed E-state index contributed by atoms with van der Waals surface area (Å²) in [6, 6.07) is 20.7. The second-order valence-corrected chi connectivity index (χ2v) is 10.9. The topological polar surface area (TPSA) is 67.5 Å². The van der Waals surface area contributed by atoms with Crippen molar-refractivity contribution in [2.45, 2.75) is 43.7 Å². The Balaban J connectivity index is 1.47. The third-order valence-electron chi connectivity index (χ3n) is 8.31. The summed E-state index contributed by atoms with van der Waals surface area (Å²) in [4.78, 5) is 15.5. The van der Waals surface area contributed by atoms with Crippen LogP contribution in [0.3, 0.4) is 0 Å². The quantitative estimate of drug-likeness (QED) is 0.534. The SMILES string of the molecule is CN(C(=O)c1cc2cc([C@H]3CCOC(C)(C)C3)ccc2n1C1(C#N)[C@@H]2COC[C@@H]21)c1ccccc1. The summed E-state index contributed by atoms with van der Waals surface area (Å²) >= 11 is 0. The number of para-hydroxylation sites is 1. The predicted molar refractivity (Wildman–Crippen MR) is 135 cm³/mol. The molecule has 3 aliphatic rings. The number of ether oxygens (including phenoxy) is 2. The second kappa shape index (κ2) is 7.94. The molecule has 0 bridgehead atoms. The fraction of sp³-hybridized carbons (Fsp3) is 0.448. The van der Waals surface area contributed by atoms with Gasteiger partial charge in [0.15, 0.2) is 0 Å². The van der Waals surface area contributed by atoms with Crippen molar-refractivity contribution in [3.63, 3.8) is 0 Å². The van der Waals surface area contributed by atoms with Crippen LogP contribution in [-0.2, 0) is 15.0 Å². The van der Waals surface area contributed by atoms with Gasteiger partial charge in [-0.05, 0) is 68.5 Å². The summed E-state index contributed by atoms with van der Waals surface area (Å²) in [7, 11) is 1.80. The number of nitriles is 1. The molecule has 1 saturated carbocycles. The van der Waals surface area contributed by atoms with Crippen molar-refractivity contribution in [2.75, 3.05) is 31.8 Å². The van der Waals surface area contributed by atoms with Crippen LogP contribution >= 0.6 is 0 Å². The maximum absolute atomic E-state index is 13.9. The summed E-state index contributed by atoms with van der Waals surface area (Å²) < 4.78 is 13.6. The fourth-order valence-electron chi connectivity index (χ4n) is 6.38. The molecule has 3 heterocycles. The lowest BCUT2D eigenvalue weighted by molar-refractivity contribution is -0.0592. The lowest BCUT2D eigenvalue weighted by atomic mass is 9.83. The van der Waals surface area contributed by atoms with Crippen LogP contribution in [-0.4, -0.2) is 42.9 Å². The number of hydrogen-bond donors (Lipinski definition) is 0. The summed E-state index contributed by atoms with van der Waals surface area (Å²) in [5.41, 5.74) is 2.73. The molecule has 1 unspecified atom stereocenters. The maximum atomic E-state index is 13.9. The molecule has 2 aromatic carbocycles. The van der Waals surface area contributed by atoms with Gasteiger partial charge in [0.25, 0.3) is 5.91 Å². The van der Waals surface area contributed by atoms with Gasteiger partial charge >= 0.3 is 0 Å². The van der Waals surface area contributed by atoms with Gasteiger partial charge in [0, 0.05) is 36.6 Å². The van der Waals surface area contributed by atoms with Crippen LogP contribution in [0.4, 0.5) is 5.69 Å². The van der Waals surface area contributed by atoms with E-state index in [0.717, 1.165) is 36.0 Å². The highest BCUT2D eigenvalue weighted by molar-refractivity contribution is 6.08. The van der Waals surface area contributed by atoms with Crippen LogP contribution in [0.15, 0.2) is 54.6 Å². The second-order valence-electron chi connectivity index (χ2n) is 10.9. The zero-order chi connectivity index (χ0) is 24.4. The Hall–Kier alpha value is -3.14. The van der Waals surface area contributed by atoms with E-state index in [-0.39, 0.29) is 23.3 Å². The highest BCUT2D eigenvalue weighted by atomic mass is 16.5. The highest BCUT2D eigenvalue weighted by Crippen LogP contribution is 2.61. The molecule has 6 heteroatoms. The number of carbonyl (C=O) groups excluding carboxylic acids is 1. The molecule has 0 spiro atoms. The molecule has 3 fully saturated rings. The van der Waals surface area contributed by atoms with Gasteiger partial charge < -0.3 is 18.9 Å². The van der Waals surface area contributed by atoms with E-state index in [1.54, 1.807) is 11.9 Å². The number of hydrogen-bond acceptors (Lipinski definition) is 4. The molecule has 4 atom stereocenters. The van der Waals surface area contributed by atoms with Crippen LogP contribution in [0.1, 0.15) is 48.7 Å². The Morgan fingerprint density at radius 3 is 2.54 bits per heavy atom. The number of anilines is 1. The Morgan fingerprint density at radius 1 is 1.11 bits per heavy atom. The molecular weight excluding hydrogens is 438 g/mol. The Labute approximate surface area is 206 Å². The number of amides is 1. The molecular formula is C29H31N3O3. The van der Waals surface area contributed by atoms with Gasteiger partial charge in [-0.15, -0.1) is 0 Å². The first kappa shape index (κ1) is 22.3. The summed E-state index contributed by atoms with van der Waals surface area (Å²) in [6.45, 7) is 6.18. The molecule has 2 saturated heterocycles. The van der Waals surface area contributed by atoms with E-state index in [4.69, 9.17) is 9.47 Å². The molecule has 1 aliphatic carbocycles. The van der Waals surface area contributed by atoms with E-state index in [1.807, 2.05) is 41.0 Å². The standard InChI is InChI=1S/C29H31N3O3/c1-28(2)15-20(11-12-35-28)19-9-10-25-21(13-19)14-26(27(33)31(3)22-7-5-4-6-8-22)32(25)29(18-30)23-16-34-17-24(23)29/h4-10,13-14,20,23-24H,11-12,15-17H2,1-3H3/t20-,23-,24+,29?/m0/s1. The summed E-state index contributed by atoms with van der Waals surface area (Å²) in [5.74, 6) is 0.540. The van der Waals surface area contributed by atoms with Gasteiger partial charge in [0.1, 0.15) is 11.2 Å². The van der Waals surface area contributed by atoms with E-state index in [0.29, 0.717) is 24.8 Å². The largest absolute Gasteiger partial charge is 0.381 e. The van der Waals surface area contributed by atoms with E-state index < -0.39 is 5.54 Å². The third kappa shape index (κ3) is 3.41. The first-order valence-corrected chi connectivity index (χ1v) is 12.5.